The third-order valence-electron chi connectivity index (χ3n) is 2.19. The second-order valence-electron chi connectivity index (χ2n) is 3.45. The van der Waals surface area contributed by atoms with Crippen LogP contribution in [0.4, 0.5) is 0 Å². The predicted octanol–water partition coefficient (Wildman–Crippen LogP) is 4.17. The summed E-state index contributed by atoms with van der Waals surface area (Å²) in [6.45, 7) is 4.45. The average Bonchev–Trinajstić information content (AvgIpc) is 2.30. The van der Waals surface area contributed by atoms with E-state index in [1.54, 1.807) is 11.8 Å². The first-order chi connectivity index (χ1) is 8.13. The fourth-order valence-corrected chi connectivity index (χ4v) is 3.59. The second-order valence-corrected chi connectivity index (χ2v) is 6.39. The lowest BCUT2D eigenvalue weighted by Gasteiger charge is -2.16. The van der Waals surface area contributed by atoms with Gasteiger partial charge in [-0.2, -0.15) is 0 Å². The van der Waals surface area contributed by atoms with Crippen LogP contribution in [0.15, 0.2) is 29.2 Å². The molecule has 0 aromatic heterocycles. The minimum absolute atomic E-state index is 0.337. The lowest BCUT2D eigenvalue weighted by atomic mass is 10.2. The van der Waals surface area contributed by atoms with E-state index in [0.717, 1.165) is 5.56 Å². The molecule has 1 aromatic carbocycles. The summed E-state index contributed by atoms with van der Waals surface area (Å²) in [5.74, 6) is 0. The summed E-state index contributed by atoms with van der Waals surface area (Å²) in [7, 11) is -2.97. The van der Waals surface area contributed by atoms with Crippen LogP contribution >= 0.6 is 19.4 Å². The highest BCUT2D eigenvalue weighted by molar-refractivity contribution is 7.98. The first-order valence-corrected chi connectivity index (χ1v) is 8.60. The van der Waals surface area contributed by atoms with Gasteiger partial charge in [0, 0.05) is 4.90 Å². The van der Waals surface area contributed by atoms with Crippen LogP contribution in [-0.2, 0) is 19.8 Å². The van der Waals surface area contributed by atoms with Gasteiger partial charge in [0.25, 0.3) is 0 Å². The molecule has 0 amide bonds. The summed E-state index contributed by atoms with van der Waals surface area (Å²) >= 11 is 1.68. The maximum atomic E-state index is 12.3. The van der Waals surface area contributed by atoms with Crippen molar-refractivity contribution < 1.29 is 13.6 Å². The summed E-state index contributed by atoms with van der Waals surface area (Å²) in [6.07, 6.45) is 2.36. The second kappa shape index (κ2) is 7.22. The van der Waals surface area contributed by atoms with E-state index >= 15 is 0 Å². The van der Waals surface area contributed by atoms with Crippen molar-refractivity contribution in [3.8, 4) is 0 Å². The van der Waals surface area contributed by atoms with Crippen molar-refractivity contribution in [3.63, 3.8) is 0 Å². The zero-order valence-corrected chi connectivity index (χ0v) is 12.2. The van der Waals surface area contributed by atoms with E-state index in [0.29, 0.717) is 19.4 Å². The molecular formula is C12H19O3PS. The zero-order valence-electron chi connectivity index (χ0n) is 10.5. The van der Waals surface area contributed by atoms with Crippen LogP contribution in [-0.4, -0.2) is 19.5 Å². The van der Waals surface area contributed by atoms with Gasteiger partial charge in [-0.05, 0) is 37.8 Å². The molecule has 0 unspecified atom stereocenters. The minimum Gasteiger partial charge on any atom is -0.309 e. The molecule has 0 aliphatic heterocycles. The van der Waals surface area contributed by atoms with Gasteiger partial charge in [0.15, 0.2) is 0 Å². The first-order valence-electron chi connectivity index (χ1n) is 5.64. The Morgan fingerprint density at radius 1 is 1.12 bits per heavy atom. The van der Waals surface area contributed by atoms with Gasteiger partial charge in [-0.1, -0.05) is 12.1 Å². The molecular weight excluding hydrogens is 255 g/mol. The normalized spacial score (nSPS) is 11.7. The summed E-state index contributed by atoms with van der Waals surface area (Å²) in [6, 6.07) is 7.97. The molecule has 0 spiro atoms. The highest BCUT2D eigenvalue weighted by atomic mass is 32.2. The minimum atomic E-state index is -2.97. The standard InChI is InChI=1S/C12H19O3PS/c1-4-14-16(13,15-5-2)10-11-6-8-12(17-3)9-7-11/h6-9H,4-5,10H2,1-3H3. The Balaban J connectivity index is 2.75. The molecule has 0 radical (unpaired) electrons. The first kappa shape index (κ1) is 14.8. The highest BCUT2D eigenvalue weighted by Crippen LogP contribution is 2.51. The van der Waals surface area contributed by atoms with Crippen molar-refractivity contribution >= 4 is 19.4 Å². The van der Waals surface area contributed by atoms with Crippen LogP contribution in [0.5, 0.6) is 0 Å². The molecule has 17 heavy (non-hydrogen) atoms. The van der Waals surface area contributed by atoms with Crippen LogP contribution in [0.3, 0.4) is 0 Å². The molecule has 0 saturated heterocycles. The molecule has 3 nitrogen and oxygen atoms in total. The summed E-state index contributed by atoms with van der Waals surface area (Å²) in [5, 5.41) is 0. The van der Waals surface area contributed by atoms with Crippen LogP contribution in [0.2, 0.25) is 0 Å². The Hall–Kier alpha value is -0.280. The lowest BCUT2D eigenvalue weighted by molar-refractivity contribution is 0.219. The molecule has 0 aliphatic rings. The molecule has 96 valence electrons. The van der Waals surface area contributed by atoms with Crippen molar-refractivity contribution in [3.05, 3.63) is 29.8 Å². The van der Waals surface area contributed by atoms with E-state index in [2.05, 4.69) is 0 Å². The summed E-state index contributed by atoms with van der Waals surface area (Å²) in [5.41, 5.74) is 0.980. The van der Waals surface area contributed by atoms with Crippen LogP contribution in [0.25, 0.3) is 0 Å². The fraction of sp³-hybridized carbons (Fsp3) is 0.500. The van der Waals surface area contributed by atoms with Gasteiger partial charge in [0.05, 0.1) is 19.4 Å². The maximum absolute atomic E-state index is 12.3. The van der Waals surface area contributed by atoms with Gasteiger partial charge in [0.1, 0.15) is 0 Å². The van der Waals surface area contributed by atoms with Gasteiger partial charge >= 0.3 is 7.60 Å². The van der Waals surface area contributed by atoms with E-state index in [1.807, 2.05) is 44.4 Å². The number of hydrogen-bond donors (Lipinski definition) is 0. The number of hydrogen-bond acceptors (Lipinski definition) is 4. The van der Waals surface area contributed by atoms with E-state index in [4.69, 9.17) is 9.05 Å². The maximum Gasteiger partial charge on any atom is 0.335 e. The summed E-state index contributed by atoms with van der Waals surface area (Å²) in [4.78, 5) is 1.19. The molecule has 0 fully saturated rings. The average molecular weight is 274 g/mol. The van der Waals surface area contributed by atoms with Crippen LogP contribution < -0.4 is 0 Å². The summed E-state index contributed by atoms with van der Waals surface area (Å²) < 4.78 is 22.8. The third kappa shape index (κ3) is 4.84. The molecule has 0 atom stereocenters. The van der Waals surface area contributed by atoms with E-state index in [9.17, 15) is 4.57 Å². The Morgan fingerprint density at radius 3 is 2.06 bits per heavy atom. The van der Waals surface area contributed by atoms with E-state index < -0.39 is 7.60 Å². The van der Waals surface area contributed by atoms with Crippen molar-refractivity contribution in [2.45, 2.75) is 24.9 Å². The SMILES string of the molecule is CCOP(=O)(Cc1ccc(SC)cc1)OCC. The Bertz CT molecular complexity index is 368. The monoisotopic (exact) mass is 274 g/mol. The molecule has 0 heterocycles. The Kier molecular flexibility index (Phi) is 6.28. The van der Waals surface area contributed by atoms with Crippen LogP contribution in [0, 0.1) is 0 Å². The number of rotatable bonds is 7. The molecule has 1 rings (SSSR count). The van der Waals surface area contributed by atoms with Crippen molar-refractivity contribution in [2.24, 2.45) is 0 Å². The van der Waals surface area contributed by atoms with Crippen molar-refractivity contribution in [1.29, 1.82) is 0 Å². The molecule has 0 saturated carbocycles. The molecule has 5 heteroatoms. The highest BCUT2D eigenvalue weighted by Gasteiger charge is 2.23. The van der Waals surface area contributed by atoms with Gasteiger partial charge in [-0.25, -0.2) is 0 Å². The van der Waals surface area contributed by atoms with E-state index in [1.165, 1.54) is 4.90 Å². The lowest BCUT2D eigenvalue weighted by Crippen LogP contribution is -1.99. The van der Waals surface area contributed by atoms with Crippen molar-refractivity contribution in [2.75, 3.05) is 19.5 Å². The van der Waals surface area contributed by atoms with Gasteiger partial charge < -0.3 is 9.05 Å². The van der Waals surface area contributed by atoms with Crippen molar-refractivity contribution in [1.82, 2.24) is 0 Å². The van der Waals surface area contributed by atoms with Gasteiger partial charge in [0.2, 0.25) is 0 Å². The van der Waals surface area contributed by atoms with Gasteiger partial charge in [-0.3, -0.25) is 4.57 Å². The molecule has 0 aliphatic carbocycles. The van der Waals surface area contributed by atoms with Crippen LogP contribution in [0.1, 0.15) is 19.4 Å². The topological polar surface area (TPSA) is 35.5 Å². The smallest absolute Gasteiger partial charge is 0.309 e. The Morgan fingerprint density at radius 2 is 1.65 bits per heavy atom. The van der Waals surface area contributed by atoms with E-state index in [-0.39, 0.29) is 0 Å². The Labute approximate surface area is 107 Å². The third-order valence-corrected chi connectivity index (χ3v) is 4.99. The predicted molar refractivity (Wildman–Crippen MR) is 72.8 cm³/mol. The molecule has 1 aromatic rings. The quantitative estimate of drug-likeness (QED) is 0.552. The fourth-order valence-electron chi connectivity index (χ4n) is 1.48. The number of thioether (sulfide) groups is 1. The number of benzene rings is 1. The molecule has 0 N–H and O–H groups in total. The van der Waals surface area contributed by atoms with Gasteiger partial charge in [-0.15, -0.1) is 11.8 Å². The molecule has 0 bridgehead atoms. The zero-order chi connectivity index (χ0) is 12.7. The largest absolute Gasteiger partial charge is 0.335 e.